The highest BCUT2D eigenvalue weighted by molar-refractivity contribution is 8.01. The average Bonchev–Trinajstić information content (AvgIpc) is 3.91. The highest BCUT2D eigenvalue weighted by Gasteiger charge is 2.54. The summed E-state index contributed by atoms with van der Waals surface area (Å²) in [5.41, 5.74) is 1.67. The number of amides is 2. The summed E-state index contributed by atoms with van der Waals surface area (Å²) in [6.45, 7) is -3.36. The van der Waals surface area contributed by atoms with E-state index < -0.39 is 47.1 Å². The van der Waals surface area contributed by atoms with E-state index in [4.69, 9.17) is 0 Å². The van der Waals surface area contributed by atoms with Gasteiger partial charge in [0, 0.05) is 16.9 Å². The number of carboxylic acid groups (broad SMARTS) is 1. The summed E-state index contributed by atoms with van der Waals surface area (Å²) in [6, 6.07) is 31.2. The van der Waals surface area contributed by atoms with Gasteiger partial charge in [0.05, 0.1) is 0 Å². The van der Waals surface area contributed by atoms with Crippen LogP contribution in [-0.4, -0.2) is 93.3 Å². The first-order chi connectivity index (χ1) is 27.7. The summed E-state index contributed by atoms with van der Waals surface area (Å²) in [7, 11) is 0. The third-order valence-electron chi connectivity index (χ3n) is 9.08. The number of aliphatic carboxylic acids is 1. The van der Waals surface area contributed by atoms with Gasteiger partial charge in [0.15, 0.2) is 16.5 Å². The van der Waals surface area contributed by atoms with E-state index in [1.165, 1.54) is 33.5 Å². The van der Waals surface area contributed by atoms with Gasteiger partial charge in [0.1, 0.15) is 33.4 Å². The number of alkyl halides is 2. The minimum atomic E-state index is -3.36. The van der Waals surface area contributed by atoms with Crippen LogP contribution in [0, 0.1) is 0 Å². The number of anilines is 1. The Morgan fingerprint density at radius 3 is 2.25 bits per heavy atom. The maximum absolute atomic E-state index is 13.8. The van der Waals surface area contributed by atoms with Gasteiger partial charge in [-0.05, 0) is 44.8 Å². The number of carboxylic acids is 1. The van der Waals surface area contributed by atoms with E-state index in [2.05, 4.69) is 46.2 Å². The van der Waals surface area contributed by atoms with Crippen LogP contribution in [0.3, 0.4) is 0 Å². The normalized spacial score (nSPS) is 17.0. The number of β-lactam (4-membered cyclic amide) rings is 1. The molecule has 0 bridgehead atoms. The molecule has 0 aliphatic carbocycles. The third-order valence-corrected chi connectivity index (χ3v) is 12.2. The number of halogens is 2. The summed E-state index contributed by atoms with van der Waals surface area (Å²) in [5.74, 6) is -2.60. The number of hydrogen-bond donors (Lipinski definition) is 3. The number of nitrogens with zero attached hydrogens (tertiary/aromatic N) is 8. The molecule has 3 N–H and O–H groups in total. The van der Waals surface area contributed by atoms with Crippen molar-refractivity contribution in [3.63, 3.8) is 0 Å². The van der Waals surface area contributed by atoms with Crippen LogP contribution in [0.25, 0.3) is 5.65 Å². The van der Waals surface area contributed by atoms with Gasteiger partial charge in [-0.2, -0.15) is 8.78 Å². The topological polar surface area (TPSA) is 189 Å². The lowest BCUT2D eigenvalue weighted by Gasteiger charge is -2.49. The van der Waals surface area contributed by atoms with E-state index >= 15 is 0 Å². The molecule has 2 atom stereocenters. The summed E-state index contributed by atoms with van der Waals surface area (Å²) < 4.78 is 27.9. The molecule has 0 radical (unpaired) electrons. The zero-order valence-electron chi connectivity index (χ0n) is 29.2. The molecule has 20 heteroatoms. The van der Waals surface area contributed by atoms with Gasteiger partial charge < -0.3 is 20.6 Å². The first kappa shape index (κ1) is 37.7. The van der Waals surface area contributed by atoms with Gasteiger partial charge in [0.25, 0.3) is 11.8 Å². The second kappa shape index (κ2) is 16.1. The van der Waals surface area contributed by atoms with Crippen molar-refractivity contribution in [2.24, 2.45) is 5.16 Å². The molecule has 2 aliphatic heterocycles. The molecule has 1 unspecified atom stereocenters. The van der Waals surface area contributed by atoms with Crippen molar-refractivity contribution in [2.45, 2.75) is 28.6 Å². The summed E-state index contributed by atoms with van der Waals surface area (Å²) in [6.07, 6.45) is 0. The van der Waals surface area contributed by atoms with Crippen molar-refractivity contribution in [1.29, 1.82) is 0 Å². The fraction of sp³-hybridized carbons (Fsp3) is 0.162. The predicted molar refractivity (Wildman–Crippen MR) is 208 cm³/mol. The quantitative estimate of drug-likeness (QED) is 0.0445. The lowest BCUT2D eigenvalue weighted by atomic mass is 9.77. The number of benzene rings is 3. The number of nitrogens with one attached hydrogen (secondary N) is 2. The van der Waals surface area contributed by atoms with Gasteiger partial charge in [-0.15, -0.1) is 49.7 Å². The minimum absolute atomic E-state index is 0.0948. The van der Waals surface area contributed by atoms with Crippen molar-refractivity contribution >= 4 is 69.1 Å². The molecular formula is C37H28F2N10O5S3. The molecule has 8 rings (SSSR count). The molecule has 0 saturated carbocycles. The SMILES string of the molecule is O=C(O)C1=C(CSc2ccc3nnnn3n2)CS[C@@H]2C(NC(=O)C(=NOC(F)F)c3csc(NC(c4ccccc4)(c4ccccc4)c4ccccc4)n3)C(=O)N12. The molecular weight excluding hydrogens is 799 g/mol. The Kier molecular flexibility index (Phi) is 10.6. The van der Waals surface area contributed by atoms with Crippen molar-refractivity contribution in [3.8, 4) is 0 Å². The molecule has 3 aromatic heterocycles. The maximum Gasteiger partial charge on any atom is 0.407 e. The smallest absolute Gasteiger partial charge is 0.407 e. The molecule has 1 fully saturated rings. The first-order valence-corrected chi connectivity index (χ1v) is 20.0. The summed E-state index contributed by atoms with van der Waals surface area (Å²) in [4.78, 5) is 49.7. The standard InChI is InChI=1S/C37H28F2N10O5S3/c38-35(39)54-45-28(25-20-57-36(40-25)42-37(22-10-4-1-5-11-22,23-12-6-2-7-13-23)24-14-8-3-9-15-24)31(50)41-29-32(51)48-30(34(52)53)21(19-56-33(29)48)18-55-27-17-16-26-43-46-47-49(26)44-27/h1-17,20,29,33,35H,18-19H2,(H,40,42)(H,41,50)(H,52,53)/t29?,33-/m1/s1. The minimum Gasteiger partial charge on any atom is -0.477 e. The summed E-state index contributed by atoms with van der Waals surface area (Å²) in [5, 5.41) is 36.7. The van der Waals surface area contributed by atoms with Crippen molar-refractivity contribution in [3.05, 3.63) is 142 Å². The number of oxime groups is 1. The van der Waals surface area contributed by atoms with Gasteiger partial charge in [-0.1, -0.05) is 96.2 Å². The Bertz CT molecular complexity index is 2410. The van der Waals surface area contributed by atoms with E-state index in [0.717, 1.165) is 32.9 Å². The number of carbonyl (C=O) groups is 3. The van der Waals surface area contributed by atoms with Crippen LogP contribution in [0.5, 0.6) is 0 Å². The van der Waals surface area contributed by atoms with E-state index in [0.29, 0.717) is 21.4 Å². The van der Waals surface area contributed by atoms with E-state index in [-0.39, 0.29) is 22.9 Å². The number of thiazole rings is 1. The zero-order chi connectivity index (χ0) is 39.5. The molecule has 1 saturated heterocycles. The third kappa shape index (κ3) is 7.41. The fourth-order valence-electron chi connectivity index (χ4n) is 6.55. The molecule has 5 heterocycles. The number of aromatic nitrogens is 6. The zero-order valence-corrected chi connectivity index (χ0v) is 31.6. The van der Waals surface area contributed by atoms with Crippen LogP contribution >= 0.6 is 34.9 Å². The number of fused-ring (bicyclic) bond motifs is 2. The Hall–Kier alpha value is -6.25. The molecule has 57 heavy (non-hydrogen) atoms. The van der Waals surface area contributed by atoms with E-state index in [1.807, 2.05) is 91.0 Å². The van der Waals surface area contributed by atoms with Gasteiger partial charge >= 0.3 is 12.6 Å². The predicted octanol–water partition coefficient (Wildman–Crippen LogP) is 4.85. The average molecular weight is 827 g/mol. The molecule has 0 spiro atoms. The van der Waals surface area contributed by atoms with E-state index in [1.54, 1.807) is 12.1 Å². The Balaban J connectivity index is 1.04. The van der Waals surface area contributed by atoms with E-state index in [9.17, 15) is 28.3 Å². The van der Waals surface area contributed by atoms with Crippen LogP contribution in [0.4, 0.5) is 13.9 Å². The molecule has 2 aliphatic rings. The van der Waals surface area contributed by atoms with Crippen LogP contribution < -0.4 is 10.6 Å². The monoisotopic (exact) mass is 826 g/mol. The van der Waals surface area contributed by atoms with Crippen molar-refractivity contribution in [1.82, 2.24) is 40.5 Å². The molecule has 2 amide bonds. The second-order valence-electron chi connectivity index (χ2n) is 12.4. The van der Waals surface area contributed by atoms with Crippen LogP contribution in [0.1, 0.15) is 22.4 Å². The largest absolute Gasteiger partial charge is 0.477 e. The van der Waals surface area contributed by atoms with Crippen LogP contribution in [0.15, 0.2) is 130 Å². The molecule has 15 nitrogen and oxygen atoms in total. The fourth-order valence-corrected chi connectivity index (χ4v) is 9.64. The van der Waals surface area contributed by atoms with Crippen LogP contribution in [0.2, 0.25) is 0 Å². The first-order valence-electron chi connectivity index (χ1n) is 17.0. The highest BCUT2D eigenvalue weighted by Crippen LogP contribution is 2.43. The Morgan fingerprint density at radius 2 is 1.63 bits per heavy atom. The lowest BCUT2D eigenvalue weighted by molar-refractivity contribution is -0.150. The Labute approximate surface area is 334 Å². The van der Waals surface area contributed by atoms with Gasteiger partial charge in [-0.25, -0.2) is 9.78 Å². The number of thioether (sulfide) groups is 2. The molecule has 6 aromatic rings. The highest BCUT2D eigenvalue weighted by atomic mass is 32.2. The lowest BCUT2D eigenvalue weighted by Crippen LogP contribution is -2.71. The number of rotatable bonds is 14. The molecule has 3 aromatic carbocycles. The van der Waals surface area contributed by atoms with Crippen molar-refractivity contribution < 1.29 is 33.1 Å². The number of hydrogen-bond acceptors (Lipinski definition) is 14. The number of carbonyl (C=O) groups excluding carboxylic acids is 2. The summed E-state index contributed by atoms with van der Waals surface area (Å²) >= 11 is 3.60. The number of tetrazole rings is 1. The second-order valence-corrected chi connectivity index (χ2v) is 15.4. The van der Waals surface area contributed by atoms with Crippen molar-refractivity contribution in [2.75, 3.05) is 16.8 Å². The van der Waals surface area contributed by atoms with Gasteiger partial charge in [0.2, 0.25) is 0 Å². The molecule has 288 valence electrons. The van der Waals surface area contributed by atoms with Crippen LogP contribution in [-0.2, 0) is 24.8 Å². The Morgan fingerprint density at radius 1 is 0.982 bits per heavy atom. The van der Waals surface area contributed by atoms with Gasteiger partial charge in [-0.3, -0.25) is 14.5 Å². The maximum atomic E-state index is 13.8.